The van der Waals surface area contributed by atoms with Crippen molar-refractivity contribution in [2.45, 2.75) is 32.7 Å². The first-order chi connectivity index (χ1) is 10.1. The van der Waals surface area contributed by atoms with E-state index in [1.807, 2.05) is 12.1 Å². The van der Waals surface area contributed by atoms with Crippen LogP contribution in [0.1, 0.15) is 38.4 Å². The Hall–Kier alpha value is -1.95. The van der Waals surface area contributed by atoms with Crippen molar-refractivity contribution >= 4 is 17.5 Å². The predicted octanol–water partition coefficient (Wildman–Crippen LogP) is 0.995. The van der Waals surface area contributed by atoms with Crippen molar-refractivity contribution < 1.29 is 9.59 Å². The fraction of sp³-hybridized carbons (Fsp3) is 0.533. The molecule has 1 fully saturated rings. The first-order valence-electron chi connectivity index (χ1n) is 7.41. The van der Waals surface area contributed by atoms with Gasteiger partial charge in [0.2, 0.25) is 11.8 Å². The number of amides is 2. The largest absolute Gasteiger partial charge is 0.352 e. The molecule has 2 amide bonds. The molecular weight excluding hydrogens is 268 g/mol. The third-order valence-electron chi connectivity index (χ3n) is 3.49. The van der Waals surface area contributed by atoms with Gasteiger partial charge in [-0.1, -0.05) is 13.8 Å². The molecule has 0 spiro atoms. The summed E-state index contributed by atoms with van der Waals surface area (Å²) < 4.78 is 0. The van der Waals surface area contributed by atoms with Gasteiger partial charge >= 0.3 is 0 Å². The lowest BCUT2D eigenvalue weighted by Crippen LogP contribution is -2.51. The number of carbonyl (C=O) groups excluding carboxylic acids is 2. The van der Waals surface area contributed by atoms with Gasteiger partial charge in [0.15, 0.2) is 0 Å². The highest BCUT2D eigenvalue weighted by Crippen LogP contribution is 2.19. The molecule has 0 saturated carbocycles. The van der Waals surface area contributed by atoms with Crippen molar-refractivity contribution in [2.24, 2.45) is 0 Å². The van der Waals surface area contributed by atoms with Crippen LogP contribution in [0.2, 0.25) is 0 Å². The van der Waals surface area contributed by atoms with E-state index in [-0.39, 0.29) is 30.9 Å². The molecule has 1 aliphatic rings. The molecule has 0 aliphatic carbocycles. The summed E-state index contributed by atoms with van der Waals surface area (Å²) in [6.07, 6.45) is 3.79. The van der Waals surface area contributed by atoms with Crippen molar-refractivity contribution in [1.29, 1.82) is 0 Å². The lowest BCUT2D eigenvalue weighted by Gasteiger charge is -2.27. The lowest BCUT2D eigenvalue weighted by molar-refractivity contribution is -0.130. The van der Waals surface area contributed by atoms with Crippen LogP contribution in [0.15, 0.2) is 18.3 Å². The summed E-state index contributed by atoms with van der Waals surface area (Å²) in [5.41, 5.74) is 1.79. The number of carbonyl (C=O) groups is 2. The molecule has 1 saturated heterocycles. The minimum absolute atomic E-state index is 0.193. The van der Waals surface area contributed by atoms with E-state index in [0.29, 0.717) is 0 Å². The zero-order valence-electron chi connectivity index (χ0n) is 12.6. The molecule has 6 nitrogen and oxygen atoms in total. The minimum Gasteiger partial charge on any atom is -0.352 e. The summed E-state index contributed by atoms with van der Waals surface area (Å²) >= 11 is 0. The Morgan fingerprint density at radius 1 is 1.29 bits per heavy atom. The van der Waals surface area contributed by atoms with E-state index in [1.54, 1.807) is 11.1 Å². The van der Waals surface area contributed by atoms with Crippen LogP contribution in [-0.4, -0.2) is 36.4 Å². The Labute approximate surface area is 124 Å². The van der Waals surface area contributed by atoms with Crippen molar-refractivity contribution in [3.63, 3.8) is 0 Å². The number of aromatic nitrogens is 1. The van der Waals surface area contributed by atoms with Crippen LogP contribution >= 0.6 is 0 Å². The molecule has 0 bridgehead atoms. The van der Waals surface area contributed by atoms with Crippen LogP contribution in [-0.2, 0) is 9.59 Å². The molecule has 2 N–H and O–H groups in total. The summed E-state index contributed by atoms with van der Waals surface area (Å²) in [5.74, 6) is -0.544. The molecule has 1 aromatic heterocycles. The zero-order valence-corrected chi connectivity index (χ0v) is 12.6. The molecule has 1 atom stereocenters. The second kappa shape index (κ2) is 7.17. The zero-order chi connectivity index (χ0) is 15.2. The van der Waals surface area contributed by atoms with Gasteiger partial charge in [-0.15, -0.1) is 0 Å². The normalized spacial score (nSPS) is 16.8. The van der Waals surface area contributed by atoms with Gasteiger partial charge in [-0.2, -0.15) is 0 Å². The van der Waals surface area contributed by atoms with Crippen LogP contribution in [0.3, 0.4) is 0 Å². The Morgan fingerprint density at radius 2 is 2.00 bits per heavy atom. The number of pyridine rings is 1. The molecular formula is C15H22N4O2. The lowest BCUT2D eigenvalue weighted by atomic mass is 10.1. The summed E-state index contributed by atoms with van der Waals surface area (Å²) in [6.45, 7) is 5.60. The SMILES string of the molecule is CCCNC(CC)c1ccc(N2CC(=O)NC(=O)C2)cn1. The van der Waals surface area contributed by atoms with Crippen LogP contribution < -0.4 is 15.5 Å². The fourth-order valence-electron chi connectivity index (χ4n) is 2.39. The van der Waals surface area contributed by atoms with Gasteiger partial charge in [0, 0.05) is 6.04 Å². The maximum atomic E-state index is 11.4. The van der Waals surface area contributed by atoms with Crippen molar-refractivity contribution in [2.75, 3.05) is 24.5 Å². The average molecular weight is 290 g/mol. The Kier molecular flexibility index (Phi) is 5.27. The Morgan fingerprint density at radius 3 is 2.52 bits per heavy atom. The fourth-order valence-corrected chi connectivity index (χ4v) is 2.39. The molecule has 21 heavy (non-hydrogen) atoms. The van der Waals surface area contributed by atoms with E-state index in [9.17, 15) is 9.59 Å². The monoisotopic (exact) mass is 290 g/mol. The van der Waals surface area contributed by atoms with Crippen molar-refractivity contribution in [1.82, 2.24) is 15.6 Å². The molecule has 0 radical (unpaired) electrons. The van der Waals surface area contributed by atoms with Gasteiger partial charge in [0.1, 0.15) is 0 Å². The number of nitrogens with zero attached hydrogens (tertiary/aromatic N) is 2. The topological polar surface area (TPSA) is 74.3 Å². The van der Waals surface area contributed by atoms with Crippen LogP contribution in [0.25, 0.3) is 0 Å². The summed E-state index contributed by atoms with van der Waals surface area (Å²) in [7, 11) is 0. The average Bonchev–Trinajstić information content (AvgIpc) is 2.47. The minimum atomic E-state index is -0.272. The van der Waals surface area contributed by atoms with E-state index in [4.69, 9.17) is 0 Å². The maximum Gasteiger partial charge on any atom is 0.246 e. The number of hydrogen-bond donors (Lipinski definition) is 2. The molecule has 6 heteroatoms. The molecule has 0 aromatic carbocycles. The second-order valence-electron chi connectivity index (χ2n) is 5.18. The number of nitrogens with one attached hydrogen (secondary N) is 2. The standard InChI is InChI=1S/C15H22N4O2/c1-3-7-16-12(4-2)13-6-5-11(8-17-13)19-9-14(20)18-15(21)10-19/h5-6,8,12,16H,3-4,7,9-10H2,1-2H3,(H,18,20,21). The Bertz CT molecular complexity index is 485. The van der Waals surface area contributed by atoms with E-state index < -0.39 is 0 Å². The molecule has 2 rings (SSSR count). The van der Waals surface area contributed by atoms with Crippen LogP contribution in [0.5, 0.6) is 0 Å². The van der Waals surface area contributed by atoms with Crippen molar-refractivity contribution in [3.05, 3.63) is 24.0 Å². The summed E-state index contributed by atoms with van der Waals surface area (Å²) in [4.78, 5) is 29.0. The predicted molar refractivity (Wildman–Crippen MR) is 80.9 cm³/mol. The molecule has 1 unspecified atom stereocenters. The van der Waals surface area contributed by atoms with Gasteiger partial charge in [-0.3, -0.25) is 19.9 Å². The number of rotatable bonds is 6. The maximum absolute atomic E-state index is 11.4. The quantitative estimate of drug-likeness (QED) is 0.764. The van der Waals surface area contributed by atoms with E-state index in [2.05, 4.69) is 29.5 Å². The first kappa shape index (κ1) is 15.4. The molecule has 114 valence electrons. The third-order valence-corrected chi connectivity index (χ3v) is 3.49. The molecule has 1 aromatic rings. The van der Waals surface area contributed by atoms with E-state index in [0.717, 1.165) is 30.8 Å². The molecule has 1 aliphatic heterocycles. The van der Waals surface area contributed by atoms with Gasteiger partial charge in [-0.25, -0.2) is 0 Å². The summed E-state index contributed by atoms with van der Waals surface area (Å²) in [5, 5.41) is 5.75. The van der Waals surface area contributed by atoms with Gasteiger partial charge < -0.3 is 10.2 Å². The number of imide groups is 1. The summed E-state index contributed by atoms with van der Waals surface area (Å²) in [6, 6.07) is 4.12. The molecule has 2 heterocycles. The van der Waals surface area contributed by atoms with Gasteiger partial charge in [-0.05, 0) is 31.5 Å². The number of hydrogen-bond acceptors (Lipinski definition) is 5. The van der Waals surface area contributed by atoms with Crippen molar-refractivity contribution in [3.8, 4) is 0 Å². The van der Waals surface area contributed by atoms with Gasteiger partial charge in [0.05, 0.1) is 30.7 Å². The van der Waals surface area contributed by atoms with E-state index >= 15 is 0 Å². The van der Waals surface area contributed by atoms with Crippen LogP contribution in [0, 0.1) is 0 Å². The number of piperazine rings is 1. The smallest absolute Gasteiger partial charge is 0.246 e. The highest BCUT2D eigenvalue weighted by Gasteiger charge is 2.23. The van der Waals surface area contributed by atoms with Gasteiger partial charge in [0.25, 0.3) is 0 Å². The number of anilines is 1. The van der Waals surface area contributed by atoms with E-state index in [1.165, 1.54) is 0 Å². The second-order valence-corrected chi connectivity index (χ2v) is 5.18. The first-order valence-corrected chi connectivity index (χ1v) is 7.41. The third kappa shape index (κ3) is 4.01. The van der Waals surface area contributed by atoms with Crippen LogP contribution in [0.4, 0.5) is 5.69 Å². The highest BCUT2D eigenvalue weighted by molar-refractivity contribution is 6.02. The Balaban J connectivity index is 2.07. The highest BCUT2D eigenvalue weighted by atomic mass is 16.2.